The fraction of sp³-hybridized carbons (Fsp3) is 0.533. The fourth-order valence-corrected chi connectivity index (χ4v) is 1.83. The number of ether oxygens (including phenoxy) is 1. The van der Waals surface area contributed by atoms with E-state index in [0.717, 1.165) is 0 Å². The molecule has 4 N–H and O–H groups in total. The Bertz CT molecular complexity index is 487. The molecule has 118 valence electrons. The molecule has 0 aliphatic carbocycles. The fourth-order valence-electron chi connectivity index (χ4n) is 1.83. The van der Waals surface area contributed by atoms with Gasteiger partial charge in [0.2, 0.25) is 0 Å². The van der Waals surface area contributed by atoms with E-state index in [1.54, 1.807) is 46.3 Å². The summed E-state index contributed by atoms with van der Waals surface area (Å²) >= 11 is 0. The second-order valence-corrected chi connectivity index (χ2v) is 5.60. The molecular formula is C15H25N3O3. The number of anilines is 2. The van der Waals surface area contributed by atoms with Crippen LogP contribution in [0.5, 0.6) is 0 Å². The van der Waals surface area contributed by atoms with Gasteiger partial charge < -0.3 is 25.8 Å². The molecule has 6 heteroatoms. The predicted octanol–water partition coefficient (Wildman–Crippen LogP) is 1.17. The molecule has 0 aliphatic rings. The first-order chi connectivity index (χ1) is 9.76. The van der Waals surface area contributed by atoms with Gasteiger partial charge >= 0.3 is 0 Å². The van der Waals surface area contributed by atoms with E-state index in [4.69, 9.17) is 10.5 Å². The molecule has 0 saturated carbocycles. The number of nitrogens with one attached hydrogen (secondary N) is 1. The quantitative estimate of drug-likeness (QED) is 0.657. The Hall–Kier alpha value is -1.79. The molecule has 1 aromatic carbocycles. The van der Waals surface area contributed by atoms with Gasteiger partial charge in [0.25, 0.3) is 5.91 Å². The summed E-state index contributed by atoms with van der Waals surface area (Å²) in [4.78, 5) is 13.6. The number of carbonyl (C=O) groups excluding carboxylic acids is 1. The lowest BCUT2D eigenvalue weighted by atomic mass is 10.0. The number of hydrogen-bond donors (Lipinski definition) is 3. The summed E-state index contributed by atoms with van der Waals surface area (Å²) in [6.45, 7) is 2.49. The van der Waals surface area contributed by atoms with E-state index >= 15 is 0 Å². The monoisotopic (exact) mass is 295 g/mol. The highest BCUT2D eigenvalue weighted by atomic mass is 16.5. The number of carbonyl (C=O) groups is 1. The van der Waals surface area contributed by atoms with E-state index in [1.165, 1.54) is 4.90 Å². The normalized spacial score (nSPS) is 13.6. The number of benzene rings is 1. The molecular weight excluding hydrogens is 270 g/mol. The lowest BCUT2D eigenvalue weighted by Gasteiger charge is -2.25. The molecule has 6 nitrogen and oxygen atoms in total. The largest absolute Gasteiger partial charge is 0.399 e. The van der Waals surface area contributed by atoms with Gasteiger partial charge in [0.05, 0.1) is 11.2 Å². The SMILES string of the molecule is COCCC(C)(O)CNc1cc(N)ccc1C(=O)N(C)C. The van der Waals surface area contributed by atoms with Crippen LogP contribution in [0.15, 0.2) is 18.2 Å². The van der Waals surface area contributed by atoms with Crippen molar-refractivity contribution in [1.29, 1.82) is 0 Å². The lowest BCUT2D eigenvalue weighted by molar-refractivity contribution is 0.0357. The highest BCUT2D eigenvalue weighted by Crippen LogP contribution is 2.22. The molecule has 0 radical (unpaired) electrons. The summed E-state index contributed by atoms with van der Waals surface area (Å²) < 4.78 is 4.97. The van der Waals surface area contributed by atoms with E-state index in [0.29, 0.717) is 36.5 Å². The first-order valence-electron chi connectivity index (χ1n) is 6.83. The maximum atomic E-state index is 12.1. The molecule has 0 aromatic heterocycles. The smallest absolute Gasteiger partial charge is 0.255 e. The minimum Gasteiger partial charge on any atom is -0.399 e. The van der Waals surface area contributed by atoms with Gasteiger partial charge in [-0.25, -0.2) is 0 Å². The molecule has 1 rings (SSSR count). The average molecular weight is 295 g/mol. The molecule has 21 heavy (non-hydrogen) atoms. The van der Waals surface area contributed by atoms with Crippen molar-refractivity contribution in [3.05, 3.63) is 23.8 Å². The molecule has 1 atom stereocenters. The van der Waals surface area contributed by atoms with Crippen LogP contribution in [0.1, 0.15) is 23.7 Å². The Morgan fingerprint density at radius 2 is 2.14 bits per heavy atom. The highest BCUT2D eigenvalue weighted by molar-refractivity contribution is 6.00. The van der Waals surface area contributed by atoms with Crippen LogP contribution >= 0.6 is 0 Å². The van der Waals surface area contributed by atoms with Crippen molar-refractivity contribution in [2.45, 2.75) is 18.9 Å². The first-order valence-corrected chi connectivity index (χ1v) is 6.83. The zero-order valence-electron chi connectivity index (χ0n) is 13.1. The van der Waals surface area contributed by atoms with Crippen molar-refractivity contribution in [1.82, 2.24) is 4.90 Å². The van der Waals surface area contributed by atoms with Crippen LogP contribution in [0, 0.1) is 0 Å². The minimum absolute atomic E-state index is 0.117. The highest BCUT2D eigenvalue weighted by Gasteiger charge is 2.21. The number of nitrogens with two attached hydrogens (primary N) is 1. The number of methoxy groups -OCH3 is 1. The summed E-state index contributed by atoms with van der Waals surface area (Å²) in [5.74, 6) is -0.117. The maximum Gasteiger partial charge on any atom is 0.255 e. The summed E-state index contributed by atoms with van der Waals surface area (Å²) in [7, 11) is 4.98. The van der Waals surface area contributed by atoms with Crippen molar-refractivity contribution >= 4 is 17.3 Å². The second kappa shape index (κ2) is 7.28. The minimum atomic E-state index is -0.932. The Kier molecular flexibility index (Phi) is 5.99. The molecule has 0 spiro atoms. The van der Waals surface area contributed by atoms with Gasteiger partial charge in [-0.1, -0.05) is 0 Å². The Balaban J connectivity index is 2.87. The van der Waals surface area contributed by atoms with Crippen molar-refractivity contribution in [3.63, 3.8) is 0 Å². The molecule has 0 bridgehead atoms. The standard InChI is InChI=1S/C15H25N3O3/c1-15(20,7-8-21-4)10-17-13-9-11(16)5-6-12(13)14(19)18(2)3/h5-6,9,17,20H,7-8,10,16H2,1-4H3. The number of rotatable bonds is 7. The molecule has 0 fully saturated rings. The summed E-state index contributed by atoms with van der Waals surface area (Å²) in [6, 6.07) is 5.07. The lowest BCUT2D eigenvalue weighted by Crippen LogP contribution is -2.35. The summed E-state index contributed by atoms with van der Waals surface area (Å²) in [6.07, 6.45) is 0.496. The number of nitrogen functional groups attached to an aromatic ring is 1. The molecule has 0 saturated heterocycles. The third kappa shape index (κ3) is 5.24. The third-order valence-corrected chi connectivity index (χ3v) is 3.18. The van der Waals surface area contributed by atoms with Crippen molar-refractivity contribution in [2.24, 2.45) is 0 Å². The predicted molar refractivity (Wildman–Crippen MR) is 84.5 cm³/mol. The third-order valence-electron chi connectivity index (χ3n) is 3.18. The average Bonchev–Trinajstić information content (AvgIpc) is 2.42. The summed E-state index contributed by atoms with van der Waals surface area (Å²) in [5, 5.41) is 13.4. The van der Waals surface area contributed by atoms with E-state index in [2.05, 4.69) is 5.32 Å². The number of aliphatic hydroxyl groups is 1. The number of hydrogen-bond acceptors (Lipinski definition) is 5. The van der Waals surface area contributed by atoms with E-state index in [1.807, 2.05) is 0 Å². The van der Waals surface area contributed by atoms with Crippen LogP contribution in [-0.2, 0) is 4.74 Å². The van der Waals surface area contributed by atoms with Crippen molar-refractivity contribution in [3.8, 4) is 0 Å². The van der Waals surface area contributed by atoms with E-state index < -0.39 is 5.60 Å². The van der Waals surface area contributed by atoms with Crippen molar-refractivity contribution in [2.75, 3.05) is 45.4 Å². The Morgan fingerprint density at radius 1 is 1.48 bits per heavy atom. The second-order valence-electron chi connectivity index (χ2n) is 5.60. The number of nitrogens with zero attached hydrogens (tertiary/aromatic N) is 1. The zero-order chi connectivity index (χ0) is 16.0. The van der Waals surface area contributed by atoms with E-state index in [-0.39, 0.29) is 5.91 Å². The maximum absolute atomic E-state index is 12.1. The summed E-state index contributed by atoms with van der Waals surface area (Å²) in [5.41, 5.74) is 6.55. The van der Waals surface area contributed by atoms with Crippen molar-refractivity contribution < 1.29 is 14.6 Å². The van der Waals surface area contributed by atoms with E-state index in [9.17, 15) is 9.90 Å². The van der Waals surface area contributed by atoms with Gasteiger partial charge in [0.1, 0.15) is 0 Å². The molecule has 1 aromatic rings. The number of amides is 1. The van der Waals surface area contributed by atoms with Gasteiger partial charge in [-0.05, 0) is 25.1 Å². The van der Waals surface area contributed by atoms with Crippen LogP contribution in [0.2, 0.25) is 0 Å². The van der Waals surface area contributed by atoms with Gasteiger partial charge in [0, 0.05) is 52.2 Å². The van der Waals surface area contributed by atoms with Crippen LogP contribution in [0.25, 0.3) is 0 Å². The first kappa shape index (κ1) is 17.3. The van der Waals surface area contributed by atoms with Gasteiger partial charge in [-0.2, -0.15) is 0 Å². The van der Waals surface area contributed by atoms with Gasteiger partial charge in [-0.3, -0.25) is 4.79 Å². The van der Waals surface area contributed by atoms with Gasteiger partial charge in [0.15, 0.2) is 0 Å². The zero-order valence-corrected chi connectivity index (χ0v) is 13.1. The topological polar surface area (TPSA) is 87.8 Å². The Labute approximate surface area is 125 Å². The van der Waals surface area contributed by atoms with Crippen LogP contribution in [0.3, 0.4) is 0 Å². The van der Waals surface area contributed by atoms with Crippen LogP contribution in [0.4, 0.5) is 11.4 Å². The van der Waals surface area contributed by atoms with Crippen LogP contribution in [-0.4, -0.2) is 55.9 Å². The van der Waals surface area contributed by atoms with Gasteiger partial charge in [-0.15, -0.1) is 0 Å². The Morgan fingerprint density at radius 3 is 2.71 bits per heavy atom. The van der Waals surface area contributed by atoms with Crippen LogP contribution < -0.4 is 11.1 Å². The molecule has 0 heterocycles. The molecule has 1 unspecified atom stereocenters. The molecule has 0 aliphatic heterocycles. The molecule has 1 amide bonds.